The second-order valence-corrected chi connectivity index (χ2v) is 7.28. The van der Waals surface area contributed by atoms with Crippen LogP contribution in [0.5, 0.6) is 0 Å². The van der Waals surface area contributed by atoms with Crippen LogP contribution in [0.15, 0.2) is 54.6 Å². The Morgan fingerprint density at radius 1 is 1.14 bits per heavy atom. The molecule has 0 aromatic heterocycles. The van der Waals surface area contributed by atoms with Crippen molar-refractivity contribution < 1.29 is 14.4 Å². The Kier molecular flexibility index (Phi) is 6.47. The molecule has 0 aliphatic carbocycles. The SMILES string of the molecule is CCCC(=O)N(CCc1cccc(Cl)c1)C1CC(=O)N(c2ccccc2)C1=O. The van der Waals surface area contributed by atoms with E-state index >= 15 is 0 Å². The molecular weight excluding hydrogens is 376 g/mol. The lowest BCUT2D eigenvalue weighted by molar-refractivity contribution is -0.138. The van der Waals surface area contributed by atoms with Crippen LogP contribution in [0, 0.1) is 0 Å². The monoisotopic (exact) mass is 398 g/mol. The lowest BCUT2D eigenvalue weighted by atomic mass is 10.1. The molecule has 5 nitrogen and oxygen atoms in total. The fourth-order valence-electron chi connectivity index (χ4n) is 3.46. The first-order chi connectivity index (χ1) is 13.5. The fourth-order valence-corrected chi connectivity index (χ4v) is 3.67. The molecule has 0 spiro atoms. The summed E-state index contributed by atoms with van der Waals surface area (Å²) in [7, 11) is 0. The number of imide groups is 1. The minimum absolute atomic E-state index is 0.0126. The summed E-state index contributed by atoms with van der Waals surface area (Å²) < 4.78 is 0. The van der Waals surface area contributed by atoms with Crippen LogP contribution in [-0.2, 0) is 20.8 Å². The number of rotatable bonds is 7. The predicted octanol–water partition coefficient (Wildman–Crippen LogP) is 3.84. The number of benzene rings is 2. The van der Waals surface area contributed by atoms with Gasteiger partial charge in [0.1, 0.15) is 6.04 Å². The third-order valence-corrected chi connectivity index (χ3v) is 5.06. The second-order valence-electron chi connectivity index (χ2n) is 6.84. The van der Waals surface area contributed by atoms with Crippen molar-refractivity contribution in [2.45, 2.75) is 38.6 Å². The van der Waals surface area contributed by atoms with E-state index in [1.807, 2.05) is 31.2 Å². The third-order valence-electron chi connectivity index (χ3n) is 4.83. The number of para-hydroxylation sites is 1. The highest BCUT2D eigenvalue weighted by atomic mass is 35.5. The summed E-state index contributed by atoms with van der Waals surface area (Å²) in [6.07, 6.45) is 1.61. The van der Waals surface area contributed by atoms with Crippen molar-refractivity contribution in [3.8, 4) is 0 Å². The minimum atomic E-state index is -0.758. The predicted molar refractivity (Wildman–Crippen MR) is 109 cm³/mol. The van der Waals surface area contributed by atoms with Gasteiger partial charge in [0.2, 0.25) is 11.8 Å². The van der Waals surface area contributed by atoms with Gasteiger partial charge in [-0.1, -0.05) is 48.9 Å². The molecule has 146 valence electrons. The highest BCUT2D eigenvalue weighted by Crippen LogP contribution is 2.26. The average Bonchev–Trinajstić information content (AvgIpc) is 2.97. The third kappa shape index (κ3) is 4.42. The average molecular weight is 399 g/mol. The highest BCUT2D eigenvalue weighted by Gasteiger charge is 2.43. The number of carbonyl (C=O) groups excluding carboxylic acids is 3. The Morgan fingerprint density at radius 2 is 1.89 bits per heavy atom. The Bertz CT molecular complexity index is 869. The first kappa shape index (κ1) is 20.1. The first-order valence-corrected chi connectivity index (χ1v) is 9.84. The summed E-state index contributed by atoms with van der Waals surface area (Å²) in [4.78, 5) is 41.1. The topological polar surface area (TPSA) is 57.7 Å². The number of carbonyl (C=O) groups is 3. The van der Waals surface area contributed by atoms with E-state index in [-0.39, 0.29) is 24.1 Å². The lowest BCUT2D eigenvalue weighted by Gasteiger charge is -2.28. The summed E-state index contributed by atoms with van der Waals surface area (Å²) in [6.45, 7) is 2.29. The lowest BCUT2D eigenvalue weighted by Crippen LogP contribution is -2.46. The van der Waals surface area contributed by atoms with Crippen LogP contribution in [0.4, 0.5) is 5.69 Å². The maximum atomic E-state index is 13.0. The number of amides is 3. The van der Waals surface area contributed by atoms with Crippen molar-refractivity contribution in [2.24, 2.45) is 0 Å². The van der Waals surface area contributed by atoms with Gasteiger partial charge in [0.25, 0.3) is 5.91 Å². The summed E-state index contributed by atoms with van der Waals surface area (Å²) in [5.41, 5.74) is 1.52. The maximum absolute atomic E-state index is 13.0. The van der Waals surface area contributed by atoms with Gasteiger partial charge in [-0.2, -0.15) is 0 Å². The summed E-state index contributed by atoms with van der Waals surface area (Å²) in [6, 6.07) is 15.5. The van der Waals surface area contributed by atoms with Crippen molar-refractivity contribution in [2.75, 3.05) is 11.4 Å². The molecule has 3 amide bonds. The van der Waals surface area contributed by atoms with E-state index in [4.69, 9.17) is 11.6 Å². The van der Waals surface area contributed by atoms with Gasteiger partial charge in [-0.15, -0.1) is 0 Å². The zero-order chi connectivity index (χ0) is 20.1. The smallest absolute Gasteiger partial charge is 0.257 e. The van der Waals surface area contributed by atoms with Gasteiger partial charge in [-0.05, 0) is 42.7 Å². The van der Waals surface area contributed by atoms with Crippen LogP contribution in [0.1, 0.15) is 31.7 Å². The zero-order valence-corrected chi connectivity index (χ0v) is 16.6. The maximum Gasteiger partial charge on any atom is 0.257 e. The minimum Gasteiger partial charge on any atom is -0.330 e. The molecule has 0 radical (unpaired) electrons. The molecule has 1 heterocycles. The molecule has 2 aromatic carbocycles. The molecule has 1 unspecified atom stereocenters. The van der Waals surface area contributed by atoms with E-state index in [1.54, 1.807) is 35.2 Å². The van der Waals surface area contributed by atoms with Crippen LogP contribution in [0.25, 0.3) is 0 Å². The van der Waals surface area contributed by atoms with Gasteiger partial charge >= 0.3 is 0 Å². The van der Waals surface area contributed by atoms with Crippen molar-refractivity contribution in [1.29, 1.82) is 0 Å². The molecule has 6 heteroatoms. The Balaban J connectivity index is 1.81. The van der Waals surface area contributed by atoms with E-state index in [0.717, 1.165) is 5.56 Å². The van der Waals surface area contributed by atoms with E-state index in [1.165, 1.54) is 4.90 Å². The fraction of sp³-hybridized carbons (Fsp3) is 0.318. The number of hydrogen-bond acceptors (Lipinski definition) is 3. The molecule has 1 aliphatic rings. The molecule has 1 saturated heterocycles. The first-order valence-electron chi connectivity index (χ1n) is 9.47. The number of hydrogen-bond donors (Lipinski definition) is 0. The van der Waals surface area contributed by atoms with Gasteiger partial charge < -0.3 is 4.90 Å². The molecule has 28 heavy (non-hydrogen) atoms. The second kappa shape index (κ2) is 9.02. The van der Waals surface area contributed by atoms with Crippen LogP contribution < -0.4 is 4.90 Å². The summed E-state index contributed by atoms with van der Waals surface area (Å²) in [5, 5.41) is 0.631. The van der Waals surface area contributed by atoms with Crippen molar-refractivity contribution in [3.63, 3.8) is 0 Å². The Hall–Kier alpha value is -2.66. The largest absolute Gasteiger partial charge is 0.330 e. The van der Waals surface area contributed by atoms with Crippen LogP contribution >= 0.6 is 11.6 Å². The highest BCUT2D eigenvalue weighted by molar-refractivity contribution is 6.30. The number of anilines is 1. The Morgan fingerprint density at radius 3 is 2.57 bits per heavy atom. The van der Waals surface area contributed by atoms with E-state index in [0.29, 0.717) is 36.5 Å². The van der Waals surface area contributed by atoms with Crippen molar-refractivity contribution in [1.82, 2.24) is 4.90 Å². The van der Waals surface area contributed by atoms with Crippen LogP contribution in [0.3, 0.4) is 0 Å². The normalized spacial score (nSPS) is 16.5. The zero-order valence-electron chi connectivity index (χ0n) is 15.8. The molecule has 0 bridgehead atoms. The van der Waals surface area contributed by atoms with Crippen molar-refractivity contribution in [3.05, 3.63) is 65.2 Å². The molecule has 0 saturated carbocycles. The summed E-state index contributed by atoms with van der Waals surface area (Å²) >= 11 is 6.04. The van der Waals surface area contributed by atoms with Crippen LogP contribution in [-0.4, -0.2) is 35.2 Å². The standard InChI is InChI=1S/C22H23ClN2O3/c1-2-7-20(26)24(13-12-16-8-6-9-17(23)14-16)19-15-21(27)25(22(19)28)18-10-4-3-5-11-18/h3-6,8-11,14,19H,2,7,12-13,15H2,1H3. The van der Waals surface area contributed by atoms with Gasteiger partial charge in [-0.3, -0.25) is 14.4 Å². The molecule has 2 aromatic rings. The molecule has 1 atom stereocenters. The van der Waals surface area contributed by atoms with Gasteiger partial charge in [0, 0.05) is 18.0 Å². The number of halogens is 1. The van der Waals surface area contributed by atoms with Crippen molar-refractivity contribution >= 4 is 35.0 Å². The molecule has 0 N–H and O–H groups in total. The molecule has 1 aliphatic heterocycles. The van der Waals surface area contributed by atoms with E-state index in [9.17, 15) is 14.4 Å². The number of nitrogens with zero attached hydrogens (tertiary/aromatic N) is 2. The van der Waals surface area contributed by atoms with Crippen LogP contribution in [0.2, 0.25) is 5.02 Å². The van der Waals surface area contributed by atoms with Gasteiger partial charge in [0.15, 0.2) is 0 Å². The quantitative estimate of drug-likeness (QED) is 0.666. The van der Waals surface area contributed by atoms with Gasteiger partial charge in [0.05, 0.1) is 12.1 Å². The molecular formula is C22H23ClN2O3. The van der Waals surface area contributed by atoms with Gasteiger partial charge in [-0.25, -0.2) is 4.90 Å². The summed E-state index contributed by atoms with van der Waals surface area (Å²) in [5.74, 6) is -0.726. The Labute approximate surface area is 169 Å². The van der Waals surface area contributed by atoms with E-state index in [2.05, 4.69) is 0 Å². The van der Waals surface area contributed by atoms with E-state index < -0.39 is 6.04 Å². The molecule has 1 fully saturated rings. The molecule has 3 rings (SSSR count).